The quantitative estimate of drug-likeness (QED) is 0.708. The Morgan fingerprint density at radius 3 is 3.20 bits per heavy atom. The summed E-state index contributed by atoms with van der Waals surface area (Å²) in [6, 6.07) is 3.91. The van der Waals surface area contributed by atoms with Crippen LogP contribution in [-0.2, 0) is 12.8 Å². The molecule has 0 aliphatic heterocycles. The van der Waals surface area contributed by atoms with E-state index < -0.39 is 0 Å². The molecule has 0 radical (unpaired) electrons. The minimum absolute atomic E-state index is 0.763. The molecule has 3 heteroatoms. The van der Waals surface area contributed by atoms with Crippen molar-refractivity contribution >= 4 is 11.3 Å². The summed E-state index contributed by atoms with van der Waals surface area (Å²) in [7, 11) is 0. The molecular weight excluding hydrogens is 186 g/mol. The van der Waals surface area contributed by atoms with Gasteiger partial charge in [-0.1, -0.05) is 6.92 Å². The molecule has 0 saturated heterocycles. The van der Waals surface area contributed by atoms with E-state index in [1.165, 1.54) is 17.8 Å². The number of rotatable bonds is 0. The highest BCUT2D eigenvalue weighted by Crippen LogP contribution is 2.26. The number of anilines is 1. The van der Waals surface area contributed by atoms with Crippen molar-refractivity contribution in [1.29, 1.82) is 0 Å². The number of hydrogen-bond donors (Lipinski definition) is 1. The van der Waals surface area contributed by atoms with Crippen LogP contribution in [0.25, 0.3) is 5.65 Å². The number of nitrogens with zero attached hydrogens (tertiary/aromatic N) is 2. The maximum absolute atomic E-state index is 5.80. The Labute approximate surface area is 88.9 Å². The lowest BCUT2D eigenvalue weighted by Crippen LogP contribution is -2.12. The monoisotopic (exact) mass is 201 g/mol. The summed E-state index contributed by atoms with van der Waals surface area (Å²) in [6.07, 6.45) is 5.48. The second-order valence-electron chi connectivity index (χ2n) is 4.54. The highest BCUT2D eigenvalue weighted by Gasteiger charge is 2.20. The topological polar surface area (TPSA) is 43.3 Å². The largest absolute Gasteiger partial charge is 0.398 e. The van der Waals surface area contributed by atoms with Crippen molar-refractivity contribution in [1.82, 2.24) is 9.38 Å². The van der Waals surface area contributed by atoms with Crippen molar-refractivity contribution in [3.8, 4) is 0 Å². The van der Waals surface area contributed by atoms with Gasteiger partial charge in [0, 0.05) is 17.6 Å². The highest BCUT2D eigenvalue weighted by atomic mass is 15.0. The first kappa shape index (κ1) is 8.77. The predicted molar refractivity (Wildman–Crippen MR) is 60.8 cm³/mol. The molecule has 0 spiro atoms. The second-order valence-corrected chi connectivity index (χ2v) is 4.54. The average Bonchev–Trinajstić information content (AvgIpc) is 2.56. The van der Waals surface area contributed by atoms with Gasteiger partial charge in [-0.15, -0.1) is 0 Å². The summed E-state index contributed by atoms with van der Waals surface area (Å²) in [5.41, 5.74) is 10.3. The summed E-state index contributed by atoms with van der Waals surface area (Å²) >= 11 is 0. The Morgan fingerprint density at radius 1 is 1.47 bits per heavy atom. The van der Waals surface area contributed by atoms with Crippen molar-refractivity contribution in [3.63, 3.8) is 0 Å². The molecule has 0 saturated carbocycles. The third-order valence-electron chi connectivity index (χ3n) is 3.24. The van der Waals surface area contributed by atoms with Gasteiger partial charge in [-0.05, 0) is 37.3 Å². The van der Waals surface area contributed by atoms with Crippen molar-refractivity contribution in [3.05, 3.63) is 29.7 Å². The molecule has 0 aromatic carbocycles. The zero-order valence-corrected chi connectivity index (χ0v) is 8.90. The molecular formula is C12H15N3. The minimum atomic E-state index is 0.763. The van der Waals surface area contributed by atoms with E-state index in [1.54, 1.807) is 0 Å². The Morgan fingerprint density at radius 2 is 2.33 bits per heavy atom. The van der Waals surface area contributed by atoms with Gasteiger partial charge in [-0.25, -0.2) is 4.98 Å². The number of aromatic nitrogens is 2. The van der Waals surface area contributed by atoms with Crippen LogP contribution in [0.15, 0.2) is 18.3 Å². The van der Waals surface area contributed by atoms with E-state index in [9.17, 15) is 0 Å². The predicted octanol–water partition coefficient (Wildman–Crippen LogP) is 2.04. The summed E-state index contributed by atoms with van der Waals surface area (Å²) in [5.74, 6) is 0.763. The fourth-order valence-corrected chi connectivity index (χ4v) is 2.39. The van der Waals surface area contributed by atoms with Crippen molar-refractivity contribution in [2.45, 2.75) is 26.2 Å². The maximum Gasteiger partial charge on any atom is 0.137 e. The van der Waals surface area contributed by atoms with Crippen LogP contribution in [0.2, 0.25) is 0 Å². The van der Waals surface area contributed by atoms with Crippen LogP contribution in [0.1, 0.15) is 24.7 Å². The molecule has 2 aromatic rings. The number of pyridine rings is 1. The Balaban J connectivity index is 2.25. The third kappa shape index (κ3) is 1.30. The van der Waals surface area contributed by atoms with Gasteiger partial charge in [0.2, 0.25) is 0 Å². The first-order chi connectivity index (χ1) is 7.24. The summed E-state index contributed by atoms with van der Waals surface area (Å²) < 4.78 is 2.15. The molecule has 0 amide bonds. The molecule has 2 aromatic heterocycles. The second kappa shape index (κ2) is 2.99. The van der Waals surface area contributed by atoms with Gasteiger partial charge >= 0.3 is 0 Å². The average molecular weight is 201 g/mol. The molecule has 1 unspecified atom stereocenters. The zero-order valence-electron chi connectivity index (χ0n) is 8.90. The van der Waals surface area contributed by atoms with Gasteiger partial charge in [0.05, 0.1) is 5.69 Å². The minimum Gasteiger partial charge on any atom is -0.398 e. The lowest BCUT2D eigenvalue weighted by molar-refractivity contribution is 0.488. The summed E-state index contributed by atoms with van der Waals surface area (Å²) in [5, 5.41) is 0. The molecule has 0 fully saturated rings. The van der Waals surface area contributed by atoms with Crippen LogP contribution < -0.4 is 5.73 Å². The zero-order chi connectivity index (χ0) is 10.4. The van der Waals surface area contributed by atoms with Gasteiger partial charge in [0.1, 0.15) is 5.65 Å². The van der Waals surface area contributed by atoms with Crippen LogP contribution in [0.5, 0.6) is 0 Å². The highest BCUT2D eigenvalue weighted by molar-refractivity contribution is 5.50. The molecule has 1 aliphatic rings. The molecule has 0 bridgehead atoms. The normalized spacial score (nSPS) is 20.5. The number of nitrogens with two attached hydrogens (primary N) is 1. The third-order valence-corrected chi connectivity index (χ3v) is 3.24. The number of nitrogen functional groups attached to an aromatic ring is 1. The van der Waals surface area contributed by atoms with Crippen LogP contribution in [0, 0.1) is 5.92 Å². The number of hydrogen-bond acceptors (Lipinski definition) is 2. The van der Waals surface area contributed by atoms with Gasteiger partial charge in [0.15, 0.2) is 0 Å². The van der Waals surface area contributed by atoms with E-state index >= 15 is 0 Å². The fraction of sp³-hybridized carbons (Fsp3) is 0.417. The first-order valence-electron chi connectivity index (χ1n) is 5.49. The Bertz CT molecular complexity index is 513. The number of fused-ring (bicyclic) bond motifs is 3. The van der Waals surface area contributed by atoms with E-state index in [0.29, 0.717) is 0 Å². The van der Waals surface area contributed by atoms with Crippen LogP contribution in [0.4, 0.5) is 5.69 Å². The summed E-state index contributed by atoms with van der Waals surface area (Å²) in [4.78, 5) is 4.64. The summed E-state index contributed by atoms with van der Waals surface area (Å²) in [6.45, 7) is 2.30. The smallest absolute Gasteiger partial charge is 0.137 e. The van der Waals surface area contributed by atoms with Gasteiger partial charge < -0.3 is 10.1 Å². The standard InChI is InChI=1S/C12H15N3/c1-8-2-4-10-11(6-8)15-7-9(13)3-5-12(15)14-10/h3,5,7-8H,2,4,6,13H2,1H3. The number of aryl methyl sites for hydroxylation is 1. The molecule has 1 aliphatic carbocycles. The van der Waals surface area contributed by atoms with Gasteiger partial charge in [-0.2, -0.15) is 0 Å². The van der Waals surface area contributed by atoms with Crippen molar-refractivity contribution in [2.24, 2.45) is 5.92 Å². The Kier molecular flexibility index (Phi) is 1.75. The van der Waals surface area contributed by atoms with Gasteiger partial charge in [-0.3, -0.25) is 0 Å². The molecule has 78 valence electrons. The van der Waals surface area contributed by atoms with E-state index in [1.807, 2.05) is 18.3 Å². The van der Waals surface area contributed by atoms with E-state index in [-0.39, 0.29) is 0 Å². The first-order valence-corrected chi connectivity index (χ1v) is 5.49. The van der Waals surface area contributed by atoms with Crippen molar-refractivity contribution in [2.75, 3.05) is 5.73 Å². The SMILES string of the molecule is CC1CCc2nc3ccc(N)cn3c2C1. The van der Waals surface area contributed by atoms with Crippen LogP contribution in [0.3, 0.4) is 0 Å². The number of imidazole rings is 1. The molecule has 1 atom stereocenters. The lowest BCUT2D eigenvalue weighted by atomic mass is 9.91. The van der Waals surface area contributed by atoms with E-state index in [0.717, 1.165) is 30.1 Å². The molecule has 3 rings (SSSR count). The maximum atomic E-state index is 5.80. The van der Waals surface area contributed by atoms with Crippen LogP contribution in [-0.4, -0.2) is 9.38 Å². The van der Waals surface area contributed by atoms with E-state index in [4.69, 9.17) is 5.73 Å². The van der Waals surface area contributed by atoms with E-state index in [2.05, 4.69) is 16.3 Å². The lowest BCUT2D eigenvalue weighted by Gasteiger charge is -2.17. The fourth-order valence-electron chi connectivity index (χ4n) is 2.39. The van der Waals surface area contributed by atoms with Crippen LogP contribution >= 0.6 is 0 Å². The molecule has 2 heterocycles. The van der Waals surface area contributed by atoms with Gasteiger partial charge in [0.25, 0.3) is 0 Å². The molecule has 15 heavy (non-hydrogen) atoms. The van der Waals surface area contributed by atoms with Crippen molar-refractivity contribution < 1.29 is 0 Å². The molecule has 3 nitrogen and oxygen atoms in total. The Hall–Kier alpha value is -1.51. The molecule has 2 N–H and O–H groups in total.